The summed E-state index contributed by atoms with van der Waals surface area (Å²) < 4.78 is 1.33. The third-order valence-electron chi connectivity index (χ3n) is 1.51. The van der Waals surface area contributed by atoms with Gasteiger partial charge >= 0.3 is 0 Å². The van der Waals surface area contributed by atoms with Gasteiger partial charge in [-0.25, -0.2) is 0 Å². The van der Waals surface area contributed by atoms with Crippen LogP contribution in [0, 0.1) is 16.1 Å². The fourth-order valence-electron chi connectivity index (χ4n) is 0.816. The van der Waals surface area contributed by atoms with Crippen molar-refractivity contribution in [3.8, 4) is 6.07 Å². The van der Waals surface area contributed by atoms with E-state index >= 15 is 0 Å². The number of amides is 1. The van der Waals surface area contributed by atoms with Crippen molar-refractivity contribution in [1.82, 2.24) is 9.55 Å². The molecule has 0 fully saturated rings. The molecule has 0 aliphatic carbocycles. The van der Waals surface area contributed by atoms with Crippen LogP contribution in [-0.2, 0) is 4.79 Å². The fraction of sp³-hybridized carbons (Fsp3) is 0. The lowest BCUT2D eigenvalue weighted by molar-refractivity contribution is -0.114. The summed E-state index contributed by atoms with van der Waals surface area (Å²) >= 11 is 4.79. The molecule has 76 valence electrons. The van der Waals surface area contributed by atoms with E-state index in [1.165, 1.54) is 16.8 Å². The van der Waals surface area contributed by atoms with Crippen LogP contribution in [0.25, 0.3) is 6.20 Å². The summed E-state index contributed by atoms with van der Waals surface area (Å²) in [6.07, 6.45) is 2.49. The summed E-state index contributed by atoms with van der Waals surface area (Å²) in [6.45, 7) is 0. The highest BCUT2D eigenvalue weighted by Crippen LogP contribution is 1.96. The van der Waals surface area contributed by atoms with Crippen LogP contribution in [0.2, 0.25) is 0 Å². The summed E-state index contributed by atoms with van der Waals surface area (Å²) in [5.41, 5.74) is 4.32. The van der Waals surface area contributed by atoms with Crippen LogP contribution < -0.4 is 11.3 Å². The monoisotopic (exact) mass is 222 g/mol. The minimum Gasteiger partial charge on any atom is -0.365 e. The molecule has 0 radical (unpaired) electrons. The van der Waals surface area contributed by atoms with Crippen LogP contribution >= 0.6 is 12.2 Å². The Balaban J connectivity index is 3.32. The number of nitrogens with zero attached hydrogens (tertiary/aromatic N) is 2. The van der Waals surface area contributed by atoms with Gasteiger partial charge in [0.15, 0.2) is 4.77 Å². The largest absolute Gasteiger partial charge is 0.365 e. The van der Waals surface area contributed by atoms with Crippen molar-refractivity contribution in [2.45, 2.75) is 0 Å². The van der Waals surface area contributed by atoms with Crippen molar-refractivity contribution < 1.29 is 4.79 Å². The number of hydrogen-bond donors (Lipinski definition) is 2. The number of nitrogens with one attached hydrogen (secondary N) is 1. The second-order valence-electron chi connectivity index (χ2n) is 2.54. The maximum Gasteiger partial charge on any atom is 0.260 e. The number of carbonyl (C=O) groups is 1. The molecule has 1 aromatic heterocycles. The molecule has 0 saturated carbocycles. The summed E-state index contributed by atoms with van der Waals surface area (Å²) in [5.74, 6) is -0.856. The fourth-order valence-corrected chi connectivity index (χ4v) is 1.03. The molecule has 0 spiro atoms. The first kappa shape index (κ1) is 10.9. The van der Waals surface area contributed by atoms with Gasteiger partial charge in [-0.05, 0) is 12.2 Å². The van der Waals surface area contributed by atoms with E-state index in [9.17, 15) is 9.59 Å². The van der Waals surface area contributed by atoms with E-state index in [2.05, 4.69) is 4.98 Å². The molecule has 0 bridgehead atoms. The summed E-state index contributed by atoms with van der Waals surface area (Å²) in [7, 11) is 0. The summed E-state index contributed by atoms with van der Waals surface area (Å²) in [6, 6.07) is 2.83. The molecule has 15 heavy (non-hydrogen) atoms. The van der Waals surface area contributed by atoms with Gasteiger partial charge in [0, 0.05) is 18.5 Å². The molecule has 0 saturated heterocycles. The second-order valence-corrected chi connectivity index (χ2v) is 2.92. The maximum absolute atomic E-state index is 10.8. The molecule has 0 atom stereocenters. The van der Waals surface area contributed by atoms with E-state index in [1.807, 2.05) is 0 Å². The molecule has 1 amide bonds. The van der Waals surface area contributed by atoms with Crippen molar-refractivity contribution >= 4 is 24.3 Å². The number of primary amides is 1. The highest BCUT2D eigenvalue weighted by molar-refractivity contribution is 7.71. The van der Waals surface area contributed by atoms with Crippen molar-refractivity contribution in [2.75, 3.05) is 0 Å². The van der Waals surface area contributed by atoms with E-state index in [0.717, 1.165) is 6.20 Å². The predicted molar refractivity (Wildman–Crippen MR) is 55.0 cm³/mol. The van der Waals surface area contributed by atoms with Crippen molar-refractivity contribution in [1.29, 1.82) is 5.26 Å². The zero-order chi connectivity index (χ0) is 11.4. The van der Waals surface area contributed by atoms with Crippen LogP contribution in [0.15, 0.2) is 22.6 Å². The van der Waals surface area contributed by atoms with Gasteiger partial charge < -0.3 is 5.73 Å². The molecule has 6 nitrogen and oxygen atoms in total. The topological polar surface area (TPSA) is 105 Å². The predicted octanol–water partition coefficient (Wildman–Crippen LogP) is -0.244. The molecule has 1 heterocycles. The number of aromatic amines is 1. The van der Waals surface area contributed by atoms with Crippen LogP contribution in [0.3, 0.4) is 0 Å². The Kier molecular flexibility index (Phi) is 3.15. The molecule has 1 aromatic rings. The third kappa shape index (κ3) is 2.62. The lowest BCUT2D eigenvalue weighted by Gasteiger charge is -1.98. The van der Waals surface area contributed by atoms with Crippen LogP contribution in [-0.4, -0.2) is 15.5 Å². The van der Waals surface area contributed by atoms with E-state index in [-0.39, 0.29) is 15.9 Å². The average molecular weight is 222 g/mol. The molecule has 1 rings (SSSR count). The highest BCUT2D eigenvalue weighted by Gasteiger charge is 2.02. The Hall–Kier alpha value is -2.20. The lowest BCUT2D eigenvalue weighted by atomic mass is 10.3. The van der Waals surface area contributed by atoms with Crippen molar-refractivity contribution in [2.24, 2.45) is 5.73 Å². The van der Waals surface area contributed by atoms with Crippen LogP contribution in [0.1, 0.15) is 0 Å². The highest BCUT2D eigenvalue weighted by atomic mass is 32.1. The zero-order valence-corrected chi connectivity index (χ0v) is 8.25. The standard InChI is InChI=1S/C8H6N4O2S/c9-3-5(7(10)14)4-12-2-1-6(13)11-8(12)15/h1-2,4H,(H2,10,14)(H,11,13,15)/b5-4-. The number of carbonyl (C=O) groups excluding carboxylic acids is 1. The number of rotatable bonds is 2. The second kappa shape index (κ2) is 4.34. The molecule has 3 N–H and O–H groups in total. The quantitative estimate of drug-likeness (QED) is 0.409. The van der Waals surface area contributed by atoms with E-state index in [0.29, 0.717) is 0 Å². The number of nitrogens with two attached hydrogens (primary N) is 1. The normalized spacial score (nSPS) is 10.7. The van der Waals surface area contributed by atoms with Crippen LogP contribution in [0.4, 0.5) is 0 Å². The molecule has 0 aromatic carbocycles. The third-order valence-corrected chi connectivity index (χ3v) is 1.82. The SMILES string of the molecule is N#C/C(=C/n1ccc(=O)[nH]c1=S)C(N)=O. The van der Waals surface area contributed by atoms with Gasteiger partial charge in [-0.1, -0.05) is 0 Å². The van der Waals surface area contributed by atoms with E-state index < -0.39 is 5.91 Å². The first-order valence-electron chi connectivity index (χ1n) is 3.78. The van der Waals surface area contributed by atoms with Crippen molar-refractivity contribution in [3.63, 3.8) is 0 Å². The van der Waals surface area contributed by atoms with E-state index in [4.69, 9.17) is 23.2 Å². The minimum atomic E-state index is -0.856. The van der Waals surface area contributed by atoms with Gasteiger partial charge in [0.05, 0.1) is 0 Å². The Bertz CT molecular complexity index is 575. The molecular formula is C8H6N4O2S. The lowest BCUT2D eigenvalue weighted by Crippen LogP contribution is -2.14. The number of hydrogen-bond acceptors (Lipinski definition) is 4. The minimum absolute atomic E-state index is 0.0801. The molecule has 7 heteroatoms. The van der Waals surface area contributed by atoms with Crippen molar-refractivity contribution in [3.05, 3.63) is 33.0 Å². The number of nitriles is 1. The van der Waals surface area contributed by atoms with Gasteiger partial charge in [-0.3, -0.25) is 19.1 Å². The maximum atomic E-state index is 10.8. The van der Waals surface area contributed by atoms with Crippen LogP contribution in [0.5, 0.6) is 0 Å². The summed E-state index contributed by atoms with van der Waals surface area (Å²) in [4.78, 5) is 23.9. The molecular weight excluding hydrogens is 216 g/mol. The van der Waals surface area contributed by atoms with Gasteiger partial charge in [0.25, 0.3) is 11.5 Å². The van der Waals surface area contributed by atoms with Gasteiger partial charge in [-0.15, -0.1) is 0 Å². The Morgan fingerprint density at radius 2 is 2.40 bits per heavy atom. The Morgan fingerprint density at radius 1 is 1.73 bits per heavy atom. The average Bonchev–Trinajstić information content (AvgIpc) is 2.16. The number of H-pyrrole nitrogens is 1. The molecule has 0 aliphatic rings. The molecule has 0 unspecified atom stereocenters. The van der Waals surface area contributed by atoms with Gasteiger partial charge in [0.2, 0.25) is 0 Å². The van der Waals surface area contributed by atoms with Gasteiger partial charge in [0.1, 0.15) is 11.6 Å². The van der Waals surface area contributed by atoms with E-state index in [1.54, 1.807) is 6.07 Å². The Labute approximate surface area is 89.3 Å². The number of aromatic nitrogens is 2. The zero-order valence-electron chi connectivity index (χ0n) is 7.43. The smallest absolute Gasteiger partial charge is 0.260 e. The first-order chi connectivity index (χ1) is 7.04. The Morgan fingerprint density at radius 3 is 2.87 bits per heavy atom. The first-order valence-corrected chi connectivity index (χ1v) is 4.18. The molecule has 0 aliphatic heterocycles. The van der Waals surface area contributed by atoms with Gasteiger partial charge in [-0.2, -0.15) is 5.26 Å². The summed E-state index contributed by atoms with van der Waals surface area (Å²) in [5, 5.41) is 8.56.